The number of allylic oxidation sites excluding steroid dienone is 2. The predicted molar refractivity (Wildman–Crippen MR) is 135 cm³/mol. The second-order valence-corrected chi connectivity index (χ2v) is 30.8. The van der Waals surface area contributed by atoms with Crippen LogP contribution in [0.5, 0.6) is 0 Å². The molecule has 2 atom stereocenters. The minimum atomic E-state index is 0.00299. The van der Waals surface area contributed by atoms with Crippen LogP contribution in [0.1, 0.15) is 96.9 Å². The van der Waals surface area contributed by atoms with Gasteiger partial charge in [-0.3, -0.25) is 0 Å². The number of hydrogen-bond donors (Lipinski definition) is 0. The molecule has 0 bridgehead atoms. The van der Waals surface area contributed by atoms with E-state index in [1.807, 2.05) is 0 Å². The van der Waals surface area contributed by atoms with Crippen molar-refractivity contribution in [3.05, 3.63) is 11.1 Å². The lowest BCUT2D eigenvalue weighted by Crippen LogP contribution is -2.27. The van der Waals surface area contributed by atoms with E-state index in [0.717, 1.165) is 0 Å². The SMILES string of the molecule is CC1=C(C)CP(P(C(C)(C)C)C(C)(C)C)P(P(C(C)(C)C)C(C)(C)C)C1. The zero-order chi connectivity index (χ0) is 20.9. The molecule has 0 aromatic rings. The maximum absolute atomic E-state index is 2.54. The maximum atomic E-state index is 2.54. The highest BCUT2D eigenvalue weighted by molar-refractivity contribution is 8.77. The third-order valence-electron chi connectivity index (χ3n) is 4.76. The summed E-state index contributed by atoms with van der Waals surface area (Å²) in [7, 11) is 0.190. The molecule has 1 rings (SSSR count). The Morgan fingerprint density at radius 1 is 0.500 bits per heavy atom. The first-order chi connectivity index (χ1) is 11.3. The highest BCUT2D eigenvalue weighted by Crippen LogP contribution is 3.04. The molecule has 1 aliphatic heterocycles. The Morgan fingerprint density at radius 2 is 0.692 bits per heavy atom. The van der Waals surface area contributed by atoms with Crippen molar-refractivity contribution < 1.29 is 0 Å². The van der Waals surface area contributed by atoms with Gasteiger partial charge in [0.15, 0.2) is 0 Å². The quantitative estimate of drug-likeness (QED) is 0.299. The van der Waals surface area contributed by atoms with E-state index in [1.165, 1.54) is 12.3 Å². The molecule has 0 N–H and O–H groups in total. The topological polar surface area (TPSA) is 0 Å². The minimum absolute atomic E-state index is 0.00299. The average Bonchev–Trinajstić information content (AvgIpc) is 2.27. The molecule has 0 spiro atoms. The summed E-state index contributed by atoms with van der Waals surface area (Å²) in [5.41, 5.74) is 3.46. The summed E-state index contributed by atoms with van der Waals surface area (Å²) in [6, 6.07) is 0. The Hall–Kier alpha value is 1.46. The van der Waals surface area contributed by atoms with Crippen LogP contribution < -0.4 is 0 Å². The van der Waals surface area contributed by atoms with Gasteiger partial charge in [0, 0.05) is 0 Å². The summed E-state index contributed by atoms with van der Waals surface area (Å²) < 4.78 is 0. The zero-order valence-corrected chi connectivity index (χ0v) is 23.8. The van der Waals surface area contributed by atoms with E-state index in [4.69, 9.17) is 0 Å². The van der Waals surface area contributed by atoms with Crippen LogP contribution in [-0.2, 0) is 0 Å². The average molecular weight is 435 g/mol. The second-order valence-electron chi connectivity index (χ2n) is 11.9. The van der Waals surface area contributed by atoms with Gasteiger partial charge in [-0.25, -0.2) is 0 Å². The van der Waals surface area contributed by atoms with Gasteiger partial charge >= 0.3 is 0 Å². The maximum Gasteiger partial charge on any atom is -0.00335 e. The Morgan fingerprint density at radius 3 is 0.846 bits per heavy atom. The Balaban J connectivity index is 3.59. The van der Waals surface area contributed by atoms with E-state index >= 15 is 0 Å². The first-order valence-corrected chi connectivity index (χ1v) is 17.9. The normalized spacial score (nSPS) is 24.0. The molecule has 4 heteroatoms. The van der Waals surface area contributed by atoms with Crippen LogP contribution in [0.4, 0.5) is 0 Å². The van der Waals surface area contributed by atoms with Crippen molar-refractivity contribution >= 4 is 29.8 Å². The summed E-state index contributed by atoms with van der Waals surface area (Å²) in [5.74, 6) is 0. The number of hydrogen-bond acceptors (Lipinski definition) is 0. The van der Waals surface area contributed by atoms with Crippen LogP contribution in [0.25, 0.3) is 0 Å². The van der Waals surface area contributed by atoms with Gasteiger partial charge in [-0.15, -0.1) is 0 Å². The molecule has 0 saturated heterocycles. The molecule has 1 aliphatic rings. The fourth-order valence-corrected chi connectivity index (χ4v) is 46.6. The molecule has 0 radical (unpaired) electrons. The summed E-state index contributed by atoms with van der Waals surface area (Å²) in [4.78, 5) is 0. The van der Waals surface area contributed by atoms with Crippen molar-refractivity contribution in [2.75, 3.05) is 12.3 Å². The molecule has 154 valence electrons. The molecule has 0 aromatic heterocycles. The molecule has 26 heavy (non-hydrogen) atoms. The van der Waals surface area contributed by atoms with Gasteiger partial charge in [-0.1, -0.05) is 109 Å². The van der Waals surface area contributed by atoms with E-state index in [2.05, 4.69) is 96.9 Å². The third kappa shape index (κ3) is 6.23. The Kier molecular flexibility index (Phi) is 8.14. The van der Waals surface area contributed by atoms with Gasteiger partial charge < -0.3 is 0 Å². The van der Waals surface area contributed by atoms with Crippen molar-refractivity contribution in [2.24, 2.45) is 0 Å². The molecule has 0 amide bonds. The van der Waals surface area contributed by atoms with Gasteiger partial charge in [-0.2, -0.15) is 0 Å². The molecule has 1 heterocycles. The molecule has 0 nitrogen and oxygen atoms in total. The lowest BCUT2D eigenvalue weighted by molar-refractivity contribution is 0.718. The number of rotatable bonds is 2. The van der Waals surface area contributed by atoms with Crippen LogP contribution >= 0.6 is 29.8 Å². The van der Waals surface area contributed by atoms with E-state index in [1.54, 1.807) is 11.1 Å². The third-order valence-corrected chi connectivity index (χ3v) is 34.5. The summed E-state index contributed by atoms with van der Waals surface area (Å²) in [6.45, 7) is 35.3. The van der Waals surface area contributed by atoms with Gasteiger partial charge in [0.1, 0.15) is 0 Å². The monoisotopic (exact) mass is 434 g/mol. The molecular formula is C22H46P4. The van der Waals surface area contributed by atoms with E-state index in [9.17, 15) is 0 Å². The minimum Gasteiger partial charge on any atom is -0.0691 e. The highest BCUT2D eigenvalue weighted by Gasteiger charge is 2.50. The molecular weight excluding hydrogens is 388 g/mol. The summed E-state index contributed by atoms with van der Waals surface area (Å²) in [6.07, 6.45) is 2.86. The van der Waals surface area contributed by atoms with Crippen LogP contribution in [0, 0.1) is 0 Å². The van der Waals surface area contributed by atoms with Crippen molar-refractivity contribution in [3.8, 4) is 0 Å². The largest absolute Gasteiger partial charge is 0.0691 e. The fraction of sp³-hybridized carbons (Fsp3) is 0.909. The molecule has 0 aromatic carbocycles. The highest BCUT2D eigenvalue weighted by atomic mass is 32.7. The van der Waals surface area contributed by atoms with Crippen LogP contribution in [0.15, 0.2) is 11.1 Å². The summed E-state index contributed by atoms with van der Waals surface area (Å²) in [5, 5.41) is 1.79. The van der Waals surface area contributed by atoms with Crippen molar-refractivity contribution in [1.29, 1.82) is 0 Å². The first-order valence-electron chi connectivity index (χ1n) is 10.1. The summed E-state index contributed by atoms with van der Waals surface area (Å²) >= 11 is 0. The van der Waals surface area contributed by atoms with Crippen molar-refractivity contribution in [2.45, 2.75) is 118 Å². The zero-order valence-electron chi connectivity index (χ0n) is 20.2. The standard InChI is InChI=1S/C22H46P4/c1-17-15-23(25(19(3,4)5)20(6,7)8)24(16-18(17)2)26(21(9,10)11)22(12,13)14/h15-16H2,1-14H3. The van der Waals surface area contributed by atoms with E-state index in [0.29, 0.717) is 20.6 Å². The molecule has 2 unspecified atom stereocenters. The second kappa shape index (κ2) is 8.30. The van der Waals surface area contributed by atoms with Crippen molar-refractivity contribution in [1.82, 2.24) is 0 Å². The van der Waals surface area contributed by atoms with Crippen molar-refractivity contribution in [3.63, 3.8) is 0 Å². The van der Waals surface area contributed by atoms with Crippen LogP contribution in [0.3, 0.4) is 0 Å². The first kappa shape index (κ1) is 25.5. The van der Waals surface area contributed by atoms with E-state index in [-0.39, 0.29) is 29.8 Å². The molecule has 0 fully saturated rings. The smallest absolute Gasteiger partial charge is 0.00335 e. The fourth-order valence-electron chi connectivity index (χ4n) is 4.60. The predicted octanol–water partition coefficient (Wildman–Crippen LogP) is 10.2. The molecule has 0 aliphatic carbocycles. The Bertz CT molecular complexity index is 444. The van der Waals surface area contributed by atoms with Gasteiger partial charge in [0.2, 0.25) is 0 Å². The lowest BCUT2D eigenvalue weighted by Gasteiger charge is -2.56. The van der Waals surface area contributed by atoms with Crippen LogP contribution in [0.2, 0.25) is 0 Å². The van der Waals surface area contributed by atoms with Crippen LogP contribution in [-0.4, -0.2) is 32.9 Å². The van der Waals surface area contributed by atoms with E-state index < -0.39 is 0 Å². The van der Waals surface area contributed by atoms with Gasteiger partial charge in [0.25, 0.3) is 0 Å². The Labute approximate surface area is 170 Å². The van der Waals surface area contributed by atoms with Gasteiger partial charge in [0.05, 0.1) is 0 Å². The lowest BCUT2D eigenvalue weighted by atomic mass is 10.2. The van der Waals surface area contributed by atoms with Gasteiger partial charge in [-0.05, 0) is 61.4 Å². The molecule has 0 saturated carbocycles.